The molecule has 3 aromatic rings. The molecule has 1 aromatic heterocycles. The van der Waals surface area contributed by atoms with Gasteiger partial charge in [-0.2, -0.15) is 12.7 Å². The fraction of sp³-hybridized carbons (Fsp3) is 0.515. The fourth-order valence-electron chi connectivity index (χ4n) is 8.02. The fourth-order valence-corrected chi connectivity index (χ4v) is 9.39. The molecule has 2 saturated carbocycles. The van der Waals surface area contributed by atoms with Gasteiger partial charge in [0.2, 0.25) is 0 Å². The monoisotopic (exact) mass is 702 g/mol. The van der Waals surface area contributed by atoms with Gasteiger partial charge >= 0.3 is 225 Å². The first-order valence-electron chi connectivity index (χ1n) is 16.3. The van der Waals surface area contributed by atoms with Crippen molar-refractivity contribution in [3.63, 3.8) is 0 Å². The van der Waals surface area contributed by atoms with E-state index in [1.165, 1.54) is 26.1 Å². The average Bonchev–Trinajstić information content (AvgIpc) is 3.67. The van der Waals surface area contributed by atoms with E-state index in [-0.39, 0.29) is 36.4 Å². The van der Waals surface area contributed by atoms with Crippen molar-refractivity contribution in [3.8, 4) is 17.0 Å². The number of rotatable bonds is 8. The number of carbonyl (C=O) groups excluding carboxylic acids is 2. The molecule has 7 rings (SSSR count). The van der Waals surface area contributed by atoms with Gasteiger partial charge in [-0.25, -0.2) is 4.72 Å². The number of carbonyl (C=O) groups is 2. The summed E-state index contributed by atoms with van der Waals surface area (Å²) in [5, 5.41) is 0.980. The molecule has 2 amide bonds. The van der Waals surface area contributed by atoms with Crippen molar-refractivity contribution in [2.24, 2.45) is 5.41 Å². The van der Waals surface area contributed by atoms with Crippen LogP contribution in [0.2, 0.25) is 0 Å². The van der Waals surface area contributed by atoms with Crippen molar-refractivity contribution in [1.29, 1.82) is 0 Å². The molecule has 3 fully saturated rings. The van der Waals surface area contributed by atoms with Crippen molar-refractivity contribution in [1.82, 2.24) is 18.5 Å². The van der Waals surface area contributed by atoms with E-state index in [4.69, 9.17) is 9.26 Å². The molecule has 2 aliphatic heterocycles. The van der Waals surface area contributed by atoms with Crippen LogP contribution in [-0.2, 0) is 26.1 Å². The summed E-state index contributed by atoms with van der Waals surface area (Å²) in [6, 6.07) is 11.3. The van der Waals surface area contributed by atoms with Crippen LogP contribution in [-0.4, -0.2) is 95.7 Å². The molecule has 2 atom stereocenters. The van der Waals surface area contributed by atoms with Crippen molar-refractivity contribution >= 4 is 40.4 Å². The average molecular weight is 703 g/mol. The van der Waals surface area contributed by atoms with Gasteiger partial charge in [-0.15, -0.1) is 0 Å². The topological polar surface area (TPSA) is 171 Å². The number of benzene rings is 2. The number of hydrogen-bond acceptors (Lipinski definition) is 9. The number of likely N-dealkylation sites (tertiary alicyclic amines) is 1. The van der Waals surface area contributed by atoms with Gasteiger partial charge < -0.3 is 0 Å². The molecular weight excluding hydrogens is 659 g/mol. The summed E-state index contributed by atoms with van der Waals surface area (Å²) >= 11 is 0. The van der Waals surface area contributed by atoms with E-state index in [1.807, 2.05) is 18.2 Å². The second kappa shape index (κ2) is 11.2. The van der Waals surface area contributed by atoms with Crippen LogP contribution in [0.15, 0.2) is 36.4 Å². The summed E-state index contributed by atoms with van der Waals surface area (Å²) in [5.41, 5.74) is 4.36. The van der Waals surface area contributed by atoms with Crippen LogP contribution in [0.4, 0.5) is 0 Å². The zero-order valence-electron chi connectivity index (χ0n) is 27.5. The SMILES string of the molecule is COc1ccc2c(c1)C1CC1(C(=O)N1CC(OP(C)(O)(O)O)C1)Cn1c-2c(C2CCCCC2)c2ccc(C(=O)NS(=O)(=O)N(C)C)cc21. The van der Waals surface area contributed by atoms with E-state index in [0.717, 1.165) is 64.4 Å². The van der Waals surface area contributed by atoms with E-state index in [1.54, 1.807) is 24.1 Å². The number of hydrogen-bond donors (Lipinski definition) is 4. The molecule has 1 saturated heterocycles. The maximum atomic E-state index is 14.4. The van der Waals surface area contributed by atoms with Crippen molar-refractivity contribution in [2.45, 2.75) is 63.0 Å². The Morgan fingerprint density at radius 1 is 1.04 bits per heavy atom. The Hall–Kier alpha value is -3.10. The van der Waals surface area contributed by atoms with Crippen LogP contribution >= 0.6 is 7.51 Å². The van der Waals surface area contributed by atoms with E-state index >= 15 is 0 Å². The molecule has 4 N–H and O–H groups in total. The zero-order chi connectivity index (χ0) is 34.4. The summed E-state index contributed by atoms with van der Waals surface area (Å²) in [7, 11) is -4.91. The second-order valence-corrected chi connectivity index (χ2v) is 18.9. The first-order valence-corrected chi connectivity index (χ1v) is 20.2. The summed E-state index contributed by atoms with van der Waals surface area (Å²) in [6.45, 7) is 1.42. The van der Waals surface area contributed by atoms with Gasteiger partial charge in [-0.3, -0.25) is 4.79 Å². The van der Waals surface area contributed by atoms with Crippen molar-refractivity contribution in [3.05, 3.63) is 53.1 Å². The van der Waals surface area contributed by atoms with Crippen LogP contribution < -0.4 is 9.46 Å². The molecule has 3 heterocycles. The summed E-state index contributed by atoms with van der Waals surface area (Å²) in [6.07, 6.45) is 5.31. The number of amides is 2. The molecule has 2 aromatic carbocycles. The Kier molecular flexibility index (Phi) is 7.80. The van der Waals surface area contributed by atoms with Gasteiger partial charge in [0.15, 0.2) is 0 Å². The van der Waals surface area contributed by atoms with E-state index in [9.17, 15) is 32.7 Å². The molecule has 2 aliphatic carbocycles. The predicted molar refractivity (Wildman–Crippen MR) is 181 cm³/mol. The minimum absolute atomic E-state index is 0.0914. The van der Waals surface area contributed by atoms with Crippen LogP contribution in [0, 0.1) is 5.41 Å². The second-order valence-electron chi connectivity index (χ2n) is 14.2. The number of fused-ring (bicyclic) bond motifs is 7. The van der Waals surface area contributed by atoms with E-state index in [2.05, 4.69) is 15.4 Å². The van der Waals surface area contributed by atoms with Gasteiger partial charge in [-0.05, 0) is 0 Å². The number of nitrogens with one attached hydrogen (secondary N) is 1. The zero-order valence-corrected chi connectivity index (χ0v) is 29.3. The van der Waals surface area contributed by atoms with E-state index in [0.29, 0.717) is 18.7 Å². The van der Waals surface area contributed by atoms with Crippen LogP contribution in [0.5, 0.6) is 5.75 Å². The molecule has 2 unspecified atom stereocenters. The van der Waals surface area contributed by atoms with Crippen molar-refractivity contribution in [2.75, 3.05) is 41.0 Å². The number of nitrogens with zero attached hydrogens (tertiary/aromatic N) is 3. The van der Waals surface area contributed by atoms with Crippen LogP contribution in [0.1, 0.15) is 71.8 Å². The number of methoxy groups -OCH3 is 1. The third kappa shape index (κ3) is 5.81. The van der Waals surface area contributed by atoms with Crippen molar-refractivity contribution < 1.29 is 41.9 Å². The molecule has 0 bridgehead atoms. The van der Waals surface area contributed by atoms with E-state index < -0.39 is 35.1 Å². The van der Waals surface area contributed by atoms with Gasteiger partial charge in [0, 0.05) is 14.1 Å². The van der Waals surface area contributed by atoms with Gasteiger partial charge in [0.1, 0.15) is 0 Å². The first kappa shape index (κ1) is 33.4. The molecule has 15 heteroatoms. The van der Waals surface area contributed by atoms with Gasteiger partial charge in [0.05, 0.1) is 0 Å². The summed E-state index contributed by atoms with van der Waals surface area (Å²) in [5.74, 6) is 0.0145. The van der Waals surface area contributed by atoms with Gasteiger partial charge in [-0.1, -0.05) is 19.3 Å². The molecule has 48 heavy (non-hydrogen) atoms. The quantitative estimate of drug-likeness (QED) is 0.257. The van der Waals surface area contributed by atoms with Crippen LogP contribution in [0.3, 0.4) is 0 Å². The first-order chi connectivity index (χ1) is 22.5. The predicted octanol–water partition coefficient (Wildman–Crippen LogP) is 3.44. The molecule has 0 radical (unpaired) electrons. The maximum absolute atomic E-state index is 14.4. The minimum atomic E-state index is -5.19. The Morgan fingerprint density at radius 2 is 1.75 bits per heavy atom. The normalized spacial score (nSPS) is 23.7. The molecular formula is C33H43N4O9PS. The Labute approximate surface area is 279 Å². The summed E-state index contributed by atoms with van der Waals surface area (Å²) < 4.78 is 41.1. The Bertz CT molecular complexity index is 1930. The molecule has 4 aliphatic rings. The van der Waals surface area contributed by atoms with Crippen LogP contribution in [0.25, 0.3) is 22.2 Å². The standard InChI is InChI=1S/C33H43N4O9PS/c1-35(2)48(43,44)34-31(38)21-10-12-25-28(14-21)37-19-33(32(39)36-17-23(18-36)46-47(4,40,41)42)16-27(33)26-15-22(45-3)11-13-24(26)30(37)29(25)20-8-6-5-7-9-20/h10-15,20,23,27,40-42H,5-9,16-19H2,1-4H3,(H,34,38). The number of ether oxygens (including phenoxy) is 1. The third-order valence-electron chi connectivity index (χ3n) is 10.4. The third-order valence-corrected chi connectivity index (χ3v) is 12.6. The summed E-state index contributed by atoms with van der Waals surface area (Å²) in [4.78, 5) is 58.9. The molecule has 260 valence electrons. The van der Waals surface area contributed by atoms with Gasteiger partial charge in [0.25, 0.3) is 0 Å². The number of aromatic nitrogens is 1. The Morgan fingerprint density at radius 3 is 2.40 bits per heavy atom. The molecule has 0 spiro atoms. The molecule has 13 nitrogen and oxygen atoms in total. The Balaban J connectivity index is 1.36.